The van der Waals surface area contributed by atoms with Crippen LogP contribution in [0.15, 0.2) is 78.4 Å². The number of nitrogens with zero attached hydrogens (tertiary/aromatic N) is 2. The second kappa shape index (κ2) is 4.51. The molecule has 0 radical (unpaired) electrons. The molecule has 0 bridgehead atoms. The third kappa shape index (κ3) is 1.93. The molecule has 2 aliphatic carbocycles. The first kappa shape index (κ1) is 14.6. The Bertz CT molecular complexity index is 835. The van der Waals surface area contributed by atoms with E-state index in [2.05, 4.69) is 65.1 Å². The van der Waals surface area contributed by atoms with Gasteiger partial charge in [0.1, 0.15) is 8.07 Å². The third-order valence-electron chi connectivity index (χ3n) is 5.11. The van der Waals surface area contributed by atoms with E-state index in [9.17, 15) is 0 Å². The van der Waals surface area contributed by atoms with E-state index in [1.807, 2.05) is 0 Å². The Morgan fingerprint density at radius 1 is 0.652 bits per heavy atom. The predicted octanol–water partition coefficient (Wildman–Crippen LogP) is 5.00. The molecule has 0 amide bonds. The van der Waals surface area contributed by atoms with Crippen LogP contribution in [0.25, 0.3) is 0 Å². The zero-order chi connectivity index (χ0) is 16.5. The average Bonchev–Trinajstić information content (AvgIpc) is 3.06. The zero-order valence-electron chi connectivity index (χ0n) is 14.7. The summed E-state index contributed by atoms with van der Waals surface area (Å²) in [7, 11) is -1.87. The minimum Gasteiger partial charge on any atom is -0.253 e. The Hall–Kier alpha value is -2.00. The first-order valence-corrected chi connectivity index (χ1v) is 11.2. The summed E-state index contributed by atoms with van der Waals surface area (Å²) in [5.41, 5.74) is 10.0. The molecule has 0 aromatic carbocycles. The molecule has 0 aromatic rings. The predicted molar refractivity (Wildman–Crippen MR) is 101 cm³/mol. The fourth-order valence-electron chi connectivity index (χ4n) is 4.44. The number of aliphatic imine (C=N–C) groups is 2. The van der Waals surface area contributed by atoms with Crippen molar-refractivity contribution >= 4 is 19.5 Å². The van der Waals surface area contributed by atoms with Gasteiger partial charge in [-0.1, -0.05) is 13.1 Å². The first-order chi connectivity index (χ1) is 10.8. The van der Waals surface area contributed by atoms with Gasteiger partial charge in [0, 0.05) is 22.5 Å². The molecule has 23 heavy (non-hydrogen) atoms. The molecule has 0 atom stereocenters. The average molecular weight is 318 g/mol. The topological polar surface area (TPSA) is 24.7 Å². The quantitative estimate of drug-likeness (QED) is 0.640. The van der Waals surface area contributed by atoms with Gasteiger partial charge in [-0.05, 0) is 73.5 Å². The molecule has 2 nitrogen and oxygen atoms in total. The molecule has 0 unspecified atom stereocenters. The zero-order valence-corrected chi connectivity index (χ0v) is 15.7. The molecular weight excluding hydrogens is 296 g/mol. The molecule has 0 saturated heterocycles. The molecule has 3 heteroatoms. The van der Waals surface area contributed by atoms with E-state index in [1.54, 1.807) is 0 Å². The van der Waals surface area contributed by atoms with Gasteiger partial charge in [0.15, 0.2) is 0 Å². The van der Waals surface area contributed by atoms with E-state index in [4.69, 9.17) is 9.98 Å². The molecule has 0 N–H and O–H groups in total. The van der Waals surface area contributed by atoms with Crippen molar-refractivity contribution in [2.75, 3.05) is 0 Å². The number of rotatable bonds is 2. The highest BCUT2D eigenvalue weighted by Gasteiger charge is 2.43. The summed E-state index contributed by atoms with van der Waals surface area (Å²) in [6.07, 6.45) is 9.01. The lowest BCUT2D eigenvalue weighted by molar-refractivity contribution is 1.33. The number of allylic oxidation sites excluding steroid dienone is 12. The van der Waals surface area contributed by atoms with Crippen molar-refractivity contribution in [1.82, 2.24) is 0 Å². The summed E-state index contributed by atoms with van der Waals surface area (Å²) in [6, 6.07) is 0. The highest BCUT2D eigenvalue weighted by atomic mass is 28.3. The van der Waals surface area contributed by atoms with Gasteiger partial charge in [-0.15, -0.1) is 0 Å². The number of hydrogen-bond donors (Lipinski definition) is 0. The van der Waals surface area contributed by atoms with Crippen LogP contribution < -0.4 is 0 Å². The lowest BCUT2D eigenvalue weighted by Crippen LogP contribution is -2.39. The molecular formula is C20H22N2Si. The highest BCUT2D eigenvalue weighted by Crippen LogP contribution is 2.43. The summed E-state index contributed by atoms with van der Waals surface area (Å²) in [4.78, 5) is 9.68. The van der Waals surface area contributed by atoms with Gasteiger partial charge in [-0.2, -0.15) is 0 Å². The molecule has 0 spiro atoms. The summed E-state index contributed by atoms with van der Waals surface area (Å²) in [5.74, 6) is 0. The van der Waals surface area contributed by atoms with E-state index in [0.29, 0.717) is 0 Å². The van der Waals surface area contributed by atoms with Crippen LogP contribution in [0.5, 0.6) is 0 Å². The van der Waals surface area contributed by atoms with Crippen LogP contribution in [0.3, 0.4) is 0 Å². The van der Waals surface area contributed by atoms with Gasteiger partial charge in [0.25, 0.3) is 0 Å². The van der Waals surface area contributed by atoms with Crippen LogP contribution in [0.2, 0.25) is 13.1 Å². The summed E-state index contributed by atoms with van der Waals surface area (Å²) in [6.45, 7) is 13.5. The summed E-state index contributed by atoms with van der Waals surface area (Å²) in [5, 5.41) is 2.97. The van der Waals surface area contributed by atoms with Gasteiger partial charge < -0.3 is 0 Å². The van der Waals surface area contributed by atoms with E-state index >= 15 is 0 Å². The normalized spacial score (nSPS) is 22.7. The smallest absolute Gasteiger partial charge is 0.118 e. The SMILES string of the molecule is CC1=CC2=CC(C)=C([Si](C)(C)C3=C(C)C=C4C=C(C)N=C43)C2=N1. The van der Waals surface area contributed by atoms with E-state index in [1.165, 1.54) is 44.1 Å². The monoisotopic (exact) mass is 318 g/mol. The summed E-state index contributed by atoms with van der Waals surface area (Å²) < 4.78 is 0. The van der Waals surface area contributed by atoms with E-state index in [0.717, 1.165) is 11.4 Å². The highest BCUT2D eigenvalue weighted by molar-refractivity contribution is 6.99. The van der Waals surface area contributed by atoms with E-state index < -0.39 is 8.07 Å². The van der Waals surface area contributed by atoms with Crippen LogP contribution in [-0.4, -0.2) is 19.5 Å². The molecule has 0 aromatic heterocycles. The van der Waals surface area contributed by atoms with Gasteiger partial charge >= 0.3 is 0 Å². The Labute approximate surface area is 139 Å². The van der Waals surface area contributed by atoms with Crippen molar-refractivity contribution in [3.05, 3.63) is 68.4 Å². The standard InChI is InChI=1S/C20H22N2Si/c1-11-7-15-9-13(3)21-17(15)19(11)23(5,6)20-12(2)8-16-10-14(4)22-18(16)20/h7-10H,1-6H3. The molecule has 2 aliphatic heterocycles. The second-order valence-corrected chi connectivity index (χ2v) is 11.7. The van der Waals surface area contributed by atoms with Crippen LogP contribution >= 0.6 is 0 Å². The lowest BCUT2D eigenvalue weighted by Gasteiger charge is -2.29. The van der Waals surface area contributed by atoms with Crippen molar-refractivity contribution in [3.63, 3.8) is 0 Å². The fourth-order valence-corrected chi connectivity index (χ4v) is 8.39. The van der Waals surface area contributed by atoms with Crippen LogP contribution in [0, 0.1) is 0 Å². The maximum Gasteiger partial charge on any atom is 0.118 e. The van der Waals surface area contributed by atoms with Crippen LogP contribution in [0.4, 0.5) is 0 Å². The lowest BCUT2D eigenvalue weighted by atomic mass is 10.2. The van der Waals surface area contributed by atoms with Crippen molar-refractivity contribution in [2.45, 2.75) is 40.8 Å². The van der Waals surface area contributed by atoms with Crippen molar-refractivity contribution in [1.29, 1.82) is 0 Å². The van der Waals surface area contributed by atoms with Gasteiger partial charge in [-0.25, -0.2) is 0 Å². The minimum atomic E-state index is -1.87. The Morgan fingerprint density at radius 2 is 1.04 bits per heavy atom. The van der Waals surface area contributed by atoms with Crippen molar-refractivity contribution < 1.29 is 0 Å². The van der Waals surface area contributed by atoms with Crippen molar-refractivity contribution in [2.24, 2.45) is 9.98 Å². The van der Waals surface area contributed by atoms with Crippen LogP contribution in [-0.2, 0) is 0 Å². The molecule has 4 rings (SSSR count). The van der Waals surface area contributed by atoms with Crippen LogP contribution in [0.1, 0.15) is 27.7 Å². The maximum atomic E-state index is 4.84. The Morgan fingerprint density at radius 3 is 1.43 bits per heavy atom. The molecule has 0 fully saturated rings. The number of fused-ring (bicyclic) bond motifs is 2. The molecule has 2 heterocycles. The molecule has 0 saturated carbocycles. The second-order valence-electron chi connectivity index (χ2n) is 7.43. The Balaban J connectivity index is 1.82. The van der Waals surface area contributed by atoms with E-state index in [-0.39, 0.29) is 0 Å². The summed E-state index contributed by atoms with van der Waals surface area (Å²) >= 11 is 0. The third-order valence-corrected chi connectivity index (χ3v) is 8.87. The maximum absolute atomic E-state index is 4.84. The van der Waals surface area contributed by atoms with Gasteiger partial charge in [0.2, 0.25) is 0 Å². The minimum absolute atomic E-state index is 1.12. The first-order valence-electron chi connectivity index (χ1n) is 8.20. The van der Waals surface area contributed by atoms with Gasteiger partial charge in [0.05, 0.1) is 11.4 Å². The Kier molecular flexibility index (Phi) is 2.86. The fraction of sp³-hybridized carbons (Fsp3) is 0.300. The largest absolute Gasteiger partial charge is 0.253 e. The molecule has 116 valence electrons. The van der Waals surface area contributed by atoms with Gasteiger partial charge in [-0.3, -0.25) is 9.98 Å². The number of hydrogen-bond acceptors (Lipinski definition) is 2. The van der Waals surface area contributed by atoms with Crippen molar-refractivity contribution in [3.8, 4) is 0 Å². The molecule has 4 aliphatic rings.